The molecule has 0 spiro atoms. The van der Waals surface area contributed by atoms with Gasteiger partial charge in [0.1, 0.15) is 13.2 Å². The summed E-state index contributed by atoms with van der Waals surface area (Å²) in [5, 5.41) is 1.69. The first kappa shape index (κ1) is 26.0. The molecule has 6 heteroatoms. The van der Waals surface area contributed by atoms with Crippen LogP contribution in [0.2, 0.25) is 0 Å². The zero-order chi connectivity index (χ0) is 25.2. The van der Waals surface area contributed by atoms with E-state index < -0.39 is 14.3 Å². The topological polar surface area (TPSA) is 60.4 Å². The fourth-order valence-electron chi connectivity index (χ4n) is 7.47. The summed E-state index contributed by atoms with van der Waals surface area (Å²) in [5.74, 6) is -0.349. The van der Waals surface area contributed by atoms with E-state index in [0.717, 1.165) is 42.7 Å². The molecule has 3 saturated carbocycles. The standard InChI is InChI=1S/C30H40O4P2/c1-23(31)34-30-21-29(36(33,27-16-8-9-17-27)28-18-10-11-19-28)20-24(30)22-35(32,25-12-4-2-5-13-25)26-14-6-3-7-15-26/h2-7,12-15,24,27-30H,8-11,16-22H2,1H3/t24-,29-,30+/m1/s1. The second-order valence-electron chi connectivity index (χ2n) is 11.3. The van der Waals surface area contributed by atoms with Crippen molar-refractivity contribution in [1.29, 1.82) is 0 Å². The summed E-state index contributed by atoms with van der Waals surface area (Å²) in [5.41, 5.74) is 0.743. The molecule has 0 bridgehead atoms. The number of rotatable bonds is 8. The van der Waals surface area contributed by atoms with Crippen molar-refractivity contribution in [1.82, 2.24) is 0 Å². The number of ether oxygens (including phenoxy) is 1. The summed E-state index contributed by atoms with van der Waals surface area (Å²) >= 11 is 0. The van der Waals surface area contributed by atoms with Gasteiger partial charge >= 0.3 is 5.97 Å². The van der Waals surface area contributed by atoms with Gasteiger partial charge in [0.2, 0.25) is 0 Å². The summed E-state index contributed by atoms with van der Waals surface area (Å²) in [7, 11) is -5.44. The van der Waals surface area contributed by atoms with Gasteiger partial charge in [-0.25, -0.2) is 0 Å². The number of carbonyl (C=O) groups excluding carboxylic acids is 1. The minimum Gasteiger partial charge on any atom is -0.462 e. The highest BCUT2D eigenvalue weighted by Gasteiger charge is 2.53. The van der Waals surface area contributed by atoms with Crippen LogP contribution in [-0.4, -0.2) is 35.2 Å². The maximum atomic E-state index is 15.1. The average molecular weight is 527 g/mol. The molecule has 0 aromatic heterocycles. The number of benzene rings is 2. The van der Waals surface area contributed by atoms with Gasteiger partial charge in [-0.3, -0.25) is 4.79 Å². The molecule has 0 heterocycles. The molecule has 2 aromatic rings. The second-order valence-corrected chi connectivity index (χ2v) is 17.9. The minimum atomic E-state index is -2.96. The smallest absolute Gasteiger partial charge is 0.302 e. The molecule has 0 N–H and O–H groups in total. The van der Waals surface area contributed by atoms with E-state index in [-0.39, 0.29) is 23.7 Å². The fraction of sp³-hybridized carbons (Fsp3) is 0.567. The van der Waals surface area contributed by atoms with Crippen molar-refractivity contribution in [3.63, 3.8) is 0 Å². The quantitative estimate of drug-likeness (QED) is 0.276. The lowest BCUT2D eigenvalue weighted by molar-refractivity contribution is -0.147. The first-order valence-corrected chi connectivity index (χ1v) is 17.7. The maximum Gasteiger partial charge on any atom is 0.302 e. The van der Waals surface area contributed by atoms with E-state index in [2.05, 4.69) is 0 Å². The highest BCUT2D eigenvalue weighted by molar-refractivity contribution is 7.78. The summed E-state index contributed by atoms with van der Waals surface area (Å²) in [4.78, 5) is 12.2. The van der Waals surface area contributed by atoms with Crippen molar-refractivity contribution in [2.45, 2.75) is 94.2 Å². The van der Waals surface area contributed by atoms with Crippen LogP contribution in [0.25, 0.3) is 0 Å². The molecule has 0 aliphatic heterocycles. The molecule has 0 amide bonds. The molecule has 5 rings (SSSR count). The Kier molecular flexibility index (Phi) is 7.95. The molecule has 3 fully saturated rings. The monoisotopic (exact) mass is 526 g/mol. The van der Waals surface area contributed by atoms with Crippen molar-refractivity contribution in [2.24, 2.45) is 5.92 Å². The molecule has 2 aromatic carbocycles. The van der Waals surface area contributed by atoms with Crippen LogP contribution in [0.5, 0.6) is 0 Å². The summed E-state index contributed by atoms with van der Waals surface area (Å²) in [6, 6.07) is 19.5. The van der Waals surface area contributed by atoms with Crippen molar-refractivity contribution < 1.29 is 18.7 Å². The highest BCUT2D eigenvalue weighted by Crippen LogP contribution is 2.70. The molecule has 36 heavy (non-hydrogen) atoms. The highest BCUT2D eigenvalue weighted by atomic mass is 31.2. The first-order valence-electron chi connectivity index (χ1n) is 13.9. The normalized spacial score (nSPS) is 25.9. The van der Waals surface area contributed by atoms with Gasteiger partial charge in [-0.1, -0.05) is 86.3 Å². The van der Waals surface area contributed by atoms with Gasteiger partial charge in [0.15, 0.2) is 0 Å². The molecule has 194 valence electrons. The van der Waals surface area contributed by atoms with Crippen molar-refractivity contribution >= 4 is 30.9 Å². The van der Waals surface area contributed by atoms with E-state index in [1.165, 1.54) is 32.6 Å². The molecule has 0 unspecified atom stereocenters. The lowest BCUT2D eigenvalue weighted by Gasteiger charge is -2.35. The van der Waals surface area contributed by atoms with Gasteiger partial charge in [0, 0.05) is 46.6 Å². The van der Waals surface area contributed by atoms with E-state index in [9.17, 15) is 9.36 Å². The molecule has 3 aliphatic carbocycles. The van der Waals surface area contributed by atoms with Crippen LogP contribution in [0.3, 0.4) is 0 Å². The predicted octanol–water partition coefficient (Wildman–Crippen LogP) is 6.96. The van der Waals surface area contributed by atoms with Crippen LogP contribution in [-0.2, 0) is 18.7 Å². The minimum absolute atomic E-state index is 0.0544. The third kappa shape index (κ3) is 5.06. The summed E-state index contributed by atoms with van der Waals surface area (Å²) in [6.07, 6.45) is 10.6. The van der Waals surface area contributed by atoms with Crippen LogP contribution in [0.1, 0.15) is 71.1 Å². The second kappa shape index (κ2) is 11.0. The van der Waals surface area contributed by atoms with Gasteiger partial charge in [0.25, 0.3) is 0 Å². The largest absolute Gasteiger partial charge is 0.462 e. The number of carbonyl (C=O) groups is 1. The fourth-order valence-corrected chi connectivity index (χ4v) is 15.8. The molecule has 0 radical (unpaired) electrons. The van der Waals surface area contributed by atoms with Gasteiger partial charge in [-0.05, 0) is 38.5 Å². The molecule has 3 aliphatic rings. The summed E-state index contributed by atoms with van der Waals surface area (Å²) < 4.78 is 35.9. The van der Waals surface area contributed by atoms with E-state index >= 15 is 4.57 Å². The van der Waals surface area contributed by atoms with Crippen molar-refractivity contribution in [2.75, 3.05) is 6.16 Å². The SMILES string of the molecule is CC(=O)O[C@H]1C[C@H](P(=O)(C2CCCC2)C2CCCC2)C[C@@H]1CP(=O)(c1ccccc1)c1ccccc1. The van der Waals surface area contributed by atoms with Crippen LogP contribution in [0, 0.1) is 5.92 Å². The molecule has 4 nitrogen and oxygen atoms in total. The molecule has 3 atom stereocenters. The zero-order valence-electron chi connectivity index (χ0n) is 21.5. The van der Waals surface area contributed by atoms with Crippen LogP contribution in [0.15, 0.2) is 60.7 Å². The maximum absolute atomic E-state index is 15.1. The Hall–Kier alpha value is -1.63. The van der Waals surface area contributed by atoms with Gasteiger partial charge in [-0.2, -0.15) is 0 Å². The first-order chi connectivity index (χ1) is 17.4. The Morgan fingerprint density at radius 3 is 1.67 bits per heavy atom. The lowest BCUT2D eigenvalue weighted by atomic mass is 10.1. The van der Waals surface area contributed by atoms with Crippen LogP contribution < -0.4 is 10.6 Å². The Morgan fingerprint density at radius 2 is 1.22 bits per heavy atom. The van der Waals surface area contributed by atoms with Crippen LogP contribution >= 0.6 is 14.3 Å². The van der Waals surface area contributed by atoms with Gasteiger partial charge < -0.3 is 13.9 Å². The van der Waals surface area contributed by atoms with E-state index in [1.54, 1.807) is 0 Å². The van der Waals surface area contributed by atoms with Crippen LogP contribution in [0.4, 0.5) is 0 Å². The van der Waals surface area contributed by atoms with E-state index in [0.29, 0.717) is 23.9 Å². The predicted molar refractivity (Wildman–Crippen MR) is 149 cm³/mol. The summed E-state index contributed by atoms with van der Waals surface area (Å²) in [6.45, 7) is 1.46. The Bertz CT molecular complexity index is 1060. The zero-order valence-corrected chi connectivity index (χ0v) is 23.3. The van der Waals surface area contributed by atoms with E-state index in [4.69, 9.17) is 4.74 Å². The van der Waals surface area contributed by atoms with Gasteiger partial charge in [0.05, 0.1) is 7.14 Å². The Balaban J connectivity index is 1.49. The third-order valence-corrected chi connectivity index (χ3v) is 17.2. The molecular weight excluding hydrogens is 486 g/mol. The third-order valence-electron chi connectivity index (χ3n) is 9.12. The number of hydrogen-bond donors (Lipinski definition) is 0. The van der Waals surface area contributed by atoms with Crippen molar-refractivity contribution in [3.8, 4) is 0 Å². The van der Waals surface area contributed by atoms with Crippen molar-refractivity contribution in [3.05, 3.63) is 60.7 Å². The Labute approximate surface area is 216 Å². The lowest BCUT2D eigenvalue weighted by Crippen LogP contribution is -2.28. The van der Waals surface area contributed by atoms with E-state index in [1.807, 2.05) is 60.7 Å². The number of esters is 1. The average Bonchev–Trinajstić information content (AvgIpc) is 3.68. The Morgan fingerprint density at radius 1 is 0.750 bits per heavy atom. The number of hydrogen-bond acceptors (Lipinski definition) is 4. The molecular formula is C30H40O4P2. The molecule has 0 saturated heterocycles. The van der Waals surface area contributed by atoms with Gasteiger partial charge in [-0.15, -0.1) is 0 Å².